The van der Waals surface area contributed by atoms with Gasteiger partial charge >= 0.3 is 17.9 Å². The van der Waals surface area contributed by atoms with Crippen LogP contribution in [0.4, 0.5) is 0 Å². The topological polar surface area (TPSA) is 78.9 Å². The molecule has 0 N–H and O–H groups in total. The van der Waals surface area contributed by atoms with Crippen LogP contribution in [0.1, 0.15) is 12.5 Å². The van der Waals surface area contributed by atoms with Gasteiger partial charge in [0.2, 0.25) is 0 Å². The molecule has 0 aliphatic carbocycles. The first-order valence-corrected chi connectivity index (χ1v) is 7.30. The number of hydrogen-bond acceptors (Lipinski definition) is 6. The van der Waals surface area contributed by atoms with Crippen LogP contribution in [0.15, 0.2) is 49.6 Å². The number of aryl methyl sites for hydroxylation is 1. The van der Waals surface area contributed by atoms with Gasteiger partial charge in [0.1, 0.15) is 5.75 Å². The predicted octanol–water partition coefficient (Wildman–Crippen LogP) is 3.26. The second kappa shape index (κ2) is 7.44. The molecule has 0 radical (unpaired) electrons. The zero-order chi connectivity index (χ0) is 18.6. The summed E-state index contributed by atoms with van der Waals surface area (Å²) < 4.78 is 15.6. The molecule has 0 unspecified atom stereocenters. The van der Waals surface area contributed by atoms with E-state index in [1.165, 1.54) is 13.0 Å². The Morgan fingerprint density at radius 3 is 2.12 bits per heavy atom. The summed E-state index contributed by atoms with van der Waals surface area (Å²) in [7, 11) is 0. The summed E-state index contributed by atoms with van der Waals surface area (Å²) >= 11 is 0. The van der Waals surface area contributed by atoms with Gasteiger partial charge in [0.05, 0.1) is 0 Å². The van der Waals surface area contributed by atoms with E-state index >= 15 is 0 Å². The van der Waals surface area contributed by atoms with Gasteiger partial charge in [-0.15, -0.1) is 0 Å². The molecule has 0 amide bonds. The van der Waals surface area contributed by atoms with Crippen molar-refractivity contribution in [2.45, 2.75) is 13.8 Å². The molecule has 25 heavy (non-hydrogen) atoms. The van der Waals surface area contributed by atoms with Crippen LogP contribution in [0.25, 0.3) is 10.8 Å². The summed E-state index contributed by atoms with van der Waals surface area (Å²) in [6.45, 7) is 9.78. The van der Waals surface area contributed by atoms with Crippen LogP contribution in [-0.4, -0.2) is 17.9 Å². The molecule has 0 aliphatic heterocycles. The summed E-state index contributed by atoms with van der Waals surface area (Å²) in [5.74, 6) is -1.90. The monoisotopic (exact) mass is 340 g/mol. The zero-order valence-corrected chi connectivity index (χ0v) is 13.8. The lowest BCUT2D eigenvalue weighted by Crippen LogP contribution is -2.10. The predicted molar refractivity (Wildman–Crippen MR) is 91.7 cm³/mol. The van der Waals surface area contributed by atoms with Crippen LogP contribution >= 0.6 is 0 Å². The lowest BCUT2D eigenvalue weighted by Gasteiger charge is -2.15. The SMILES string of the molecule is C=CC(=O)Oc1cc(OC(C)=O)c2cc(C)ccc2c1OC(=O)C=C. The number of fused-ring (bicyclic) bond motifs is 1. The van der Waals surface area contributed by atoms with Gasteiger partial charge in [0, 0.05) is 35.9 Å². The van der Waals surface area contributed by atoms with Crippen LogP contribution in [0.5, 0.6) is 17.2 Å². The average Bonchev–Trinajstić information content (AvgIpc) is 2.57. The van der Waals surface area contributed by atoms with Crippen LogP contribution < -0.4 is 14.2 Å². The van der Waals surface area contributed by atoms with E-state index in [0.29, 0.717) is 10.8 Å². The lowest BCUT2D eigenvalue weighted by molar-refractivity contribution is -0.132. The first kappa shape index (κ1) is 17.9. The Labute approximate surface area is 144 Å². The van der Waals surface area contributed by atoms with Crippen molar-refractivity contribution in [1.82, 2.24) is 0 Å². The van der Waals surface area contributed by atoms with E-state index in [1.807, 2.05) is 6.92 Å². The Kier molecular flexibility index (Phi) is 5.34. The Hall–Kier alpha value is -3.41. The van der Waals surface area contributed by atoms with Gasteiger partial charge in [-0.1, -0.05) is 30.9 Å². The molecule has 0 bridgehead atoms. The minimum Gasteiger partial charge on any atom is -0.426 e. The molecular formula is C19H16O6. The zero-order valence-electron chi connectivity index (χ0n) is 13.8. The van der Waals surface area contributed by atoms with Crippen molar-refractivity contribution in [2.24, 2.45) is 0 Å². The molecule has 6 nitrogen and oxygen atoms in total. The Balaban J connectivity index is 2.78. The van der Waals surface area contributed by atoms with Gasteiger partial charge < -0.3 is 14.2 Å². The van der Waals surface area contributed by atoms with Gasteiger partial charge in [-0.2, -0.15) is 0 Å². The summed E-state index contributed by atoms with van der Waals surface area (Å²) in [6.07, 6.45) is 1.95. The first-order valence-electron chi connectivity index (χ1n) is 7.30. The Morgan fingerprint density at radius 2 is 1.52 bits per heavy atom. The Morgan fingerprint density at radius 1 is 0.880 bits per heavy atom. The average molecular weight is 340 g/mol. The quantitative estimate of drug-likeness (QED) is 0.472. The highest BCUT2D eigenvalue weighted by Crippen LogP contribution is 2.42. The molecule has 2 rings (SSSR count). The summed E-state index contributed by atoms with van der Waals surface area (Å²) in [6, 6.07) is 6.53. The molecule has 2 aromatic carbocycles. The first-order chi connectivity index (χ1) is 11.8. The van der Waals surface area contributed by atoms with Crippen molar-refractivity contribution >= 4 is 28.7 Å². The van der Waals surface area contributed by atoms with Crippen molar-refractivity contribution in [3.63, 3.8) is 0 Å². The van der Waals surface area contributed by atoms with Crippen LogP contribution in [0.3, 0.4) is 0 Å². The number of esters is 3. The fourth-order valence-corrected chi connectivity index (χ4v) is 2.17. The molecule has 6 heteroatoms. The fourth-order valence-electron chi connectivity index (χ4n) is 2.17. The molecule has 0 spiro atoms. The molecule has 0 saturated heterocycles. The van der Waals surface area contributed by atoms with E-state index in [1.54, 1.807) is 18.2 Å². The summed E-state index contributed by atoms with van der Waals surface area (Å²) in [4.78, 5) is 34.7. The minimum absolute atomic E-state index is 0.0194. The largest absolute Gasteiger partial charge is 0.426 e. The summed E-state index contributed by atoms with van der Waals surface area (Å²) in [5, 5.41) is 0.965. The number of benzene rings is 2. The molecule has 0 heterocycles. The second-order valence-electron chi connectivity index (χ2n) is 5.10. The highest BCUT2D eigenvalue weighted by molar-refractivity contribution is 6.00. The maximum atomic E-state index is 11.7. The third-order valence-corrected chi connectivity index (χ3v) is 3.17. The highest BCUT2D eigenvalue weighted by Gasteiger charge is 2.20. The van der Waals surface area contributed by atoms with Gasteiger partial charge in [0.25, 0.3) is 0 Å². The van der Waals surface area contributed by atoms with Gasteiger partial charge in [-0.3, -0.25) is 4.79 Å². The third-order valence-electron chi connectivity index (χ3n) is 3.17. The lowest BCUT2D eigenvalue weighted by atomic mass is 10.0. The van der Waals surface area contributed by atoms with Crippen LogP contribution in [0.2, 0.25) is 0 Å². The Bertz CT molecular complexity index is 894. The number of hydrogen-bond donors (Lipinski definition) is 0. The van der Waals surface area contributed by atoms with E-state index in [0.717, 1.165) is 17.7 Å². The van der Waals surface area contributed by atoms with Crippen LogP contribution in [0, 0.1) is 6.92 Å². The molecule has 128 valence electrons. The van der Waals surface area contributed by atoms with E-state index in [2.05, 4.69) is 13.2 Å². The normalized spacial score (nSPS) is 10.0. The molecule has 2 aromatic rings. The molecule has 0 fully saturated rings. The minimum atomic E-state index is -0.754. The standard InChI is InChI=1S/C19H16O6/c1-5-17(21)24-16-10-15(23-12(4)20)14-9-11(3)7-8-13(14)19(16)25-18(22)6-2/h5-10H,1-2H2,3-4H3. The van der Waals surface area contributed by atoms with E-state index in [4.69, 9.17) is 14.2 Å². The van der Waals surface area contributed by atoms with Crippen LogP contribution in [-0.2, 0) is 14.4 Å². The summed E-state index contributed by atoms with van der Waals surface area (Å²) in [5.41, 5.74) is 0.901. The molecular weight excluding hydrogens is 324 g/mol. The smallest absolute Gasteiger partial charge is 0.335 e. The van der Waals surface area contributed by atoms with Crippen molar-refractivity contribution in [2.75, 3.05) is 0 Å². The molecule has 0 saturated carbocycles. The molecule has 0 aliphatic rings. The molecule has 0 aromatic heterocycles. The van der Waals surface area contributed by atoms with Crippen molar-refractivity contribution < 1.29 is 28.6 Å². The maximum Gasteiger partial charge on any atom is 0.335 e. The third kappa shape index (κ3) is 4.11. The number of ether oxygens (including phenoxy) is 3. The fraction of sp³-hybridized carbons (Fsp3) is 0.105. The number of rotatable bonds is 5. The van der Waals surface area contributed by atoms with E-state index in [9.17, 15) is 14.4 Å². The highest BCUT2D eigenvalue weighted by atomic mass is 16.6. The van der Waals surface area contributed by atoms with E-state index < -0.39 is 17.9 Å². The number of carbonyl (C=O) groups is 3. The number of carbonyl (C=O) groups excluding carboxylic acids is 3. The molecule has 0 atom stereocenters. The van der Waals surface area contributed by atoms with Gasteiger partial charge in [-0.05, 0) is 13.0 Å². The second-order valence-corrected chi connectivity index (χ2v) is 5.10. The van der Waals surface area contributed by atoms with E-state index in [-0.39, 0.29) is 17.2 Å². The van der Waals surface area contributed by atoms with Crippen molar-refractivity contribution in [3.8, 4) is 17.2 Å². The van der Waals surface area contributed by atoms with Crippen molar-refractivity contribution in [1.29, 1.82) is 0 Å². The van der Waals surface area contributed by atoms with Gasteiger partial charge in [0.15, 0.2) is 11.5 Å². The maximum absolute atomic E-state index is 11.7. The van der Waals surface area contributed by atoms with Crippen molar-refractivity contribution in [3.05, 3.63) is 55.1 Å². The van der Waals surface area contributed by atoms with Gasteiger partial charge in [-0.25, -0.2) is 9.59 Å².